The lowest BCUT2D eigenvalue weighted by molar-refractivity contribution is 0.131. The second-order valence-corrected chi connectivity index (χ2v) is 9.10. The van der Waals surface area contributed by atoms with Gasteiger partial charge in [-0.3, -0.25) is 4.72 Å². The molecule has 1 fully saturated rings. The van der Waals surface area contributed by atoms with Gasteiger partial charge >= 0.3 is 0 Å². The largest absolute Gasteiger partial charge is 0.393 e. The summed E-state index contributed by atoms with van der Waals surface area (Å²) in [7, 11) is -3.66. The number of hydrogen-bond acceptors (Lipinski definition) is 6. The van der Waals surface area contributed by atoms with E-state index in [1.807, 2.05) is 0 Å². The van der Waals surface area contributed by atoms with Crippen LogP contribution in [0.5, 0.6) is 0 Å². The molecule has 28 heavy (non-hydrogen) atoms. The Morgan fingerprint density at radius 2 is 1.89 bits per heavy atom. The van der Waals surface area contributed by atoms with Gasteiger partial charge in [0.2, 0.25) is 10.0 Å². The van der Waals surface area contributed by atoms with Crippen LogP contribution in [0.1, 0.15) is 37.5 Å². The fourth-order valence-electron chi connectivity index (χ4n) is 3.08. The van der Waals surface area contributed by atoms with Gasteiger partial charge < -0.3 is 15.5 Å². The summed E-state index contributed by atoms with van der Waals surface area (Å²) in [6, 6.07) is 6.87. The minimum atomic E-state index is -3.66. The van der Waals surface area contributed by atoms with E-state index < -0.39 is 33.4 Å². The van der Waals surface area contributed by atoms with E-state index in [9.17, 15) is 23.0 Å². The summed E-state index contributed by atoms with van der Waals surface area (Å²) in [5.41, 5.74) is 0.769. The summed E-state index contributed by atoms with van der Waals surface area (Å²) in [4.78, 5) is 4.00. The molecule has 1 saturated carbocycles. The topological polar surface area (TPSA) is 112 Å². The molecule has 0 bridgehead atoms. The molecular weight excluding hydrogens is 409 g/mol. The van der Waals surface area contributed by atoms with Gasteiger partial charge in [-0.15, -0.1) is 0 Å². The highest BCUT2D eigenvalue weighted by molar-refractivity contribution is 7.93. The Morgan fingerprint density at radius 1 is 1.18 bits per heavy atom. The van der Waals surface area contributed by atoms with Gasteiger partial charge in [-0.25, -0.2) is 17.8 Å². The van der Waals surface area contributed by atoms with E-state index in [0.29, 0.717) is 36.9 Å². The third kappa shape index (κ3) is 5.11. The van der Waals surface area contributed by atoms with E-state index in [2.05, 4.69) is 15.0 Å². The quantitative estimate of drug-likeness (QED) is 0.525. The predicted octanol–water partition coefficient (Wildman–Crippen LogP) is 3.02. The molecule has 1 aromatic heterocycles. The van der Waals surface area contributed by atoms with Crippen LogP contribution in [-0.4, -0.2) is 35.0 Å². The van der Waals surface area contributed by atoms with Crippen LogP contribution in [0.4, 0.5) is 15.9 Å². The number of aliphatic hydroxyl groups excluding tert-OH is 2. The number of nitrogens with one attached hydrogen (secondary N) is 2. The van der Waals surface area contributed by atoms with Crippen LogP contribution in [0, 0.1) is 5.82 Å². The molecular formula is C18H21ClFN3O4S. The molecule has 3 rings (SSSR count). The van der Waals surface area contributed by atoms with Crippen LogP contribution >= 0.6 is 11.6 Å². The second kappa shape index (κ2) is 8.60. The molecule has 0 amide bonds. The smallest absolute Gasteiger partial charge is 0.236 e. The van der Waals surface area contributed by atoms with Crippen LogP contribution in [-0.2, 0) is 10.0 Å². The number of anilines is 2. The Bertz CT molecular complexity index is 936. The third-order valence-electron chi connectivity index (χ3n) is 4.65. The van der Waals surface area contributed by atoms with Crippen molar-refractivity contribution < 1.29 is 23.0 Å². The van der Waals surface area contributed by atoms with Crippen LogP contribution in [0.15, 0.2) is 36.5 Å². The van der Waals surface area contributed by atoms with Gasteiger partial charge in [-0.2, -0.15) is 0 Å². The lowest BCUT2D eigenvalue weighted by Crippen LogP contribution is -2.33. The lowest BCUT2D eigenvalue weighted by atomic mass is 9.97. The van der Waals surface area contributed by atoms with Crippen molar-refractivity contribution in [1.29, 1.82) is 0 Å². The van der Waals surface area contributed by atoms with E-state index in [0.717, 1.165) is 0 Å². The van der Waals surface area contributed by atoms with Gasteiger partial charge in [0.15, 0.2) is 6.23 Å². The van der Waals surface area contributed by atoms with Crippen molar-refractivity contribution in [3.8, 4) is 0 Å². The fourth-order valence-corrected chi connectivity index (χ4v) is 4.73. The van der Waals surface area contributed by atoms with Crippen LogP contribution in [0.3, 0.4) is 0 Å². The first-order valence-corrected chi connectivity index (χ1v) is 10.7. The van der Waals surface area contributed by atoms with Gasteiger partial charge in [0, 0.05) is 17.4 Å². The van der Waals surface area contributed by atoms with E-state index in [-0.39, 0.29) is 10.8 Å². The minimum absolute atomic E-state index is 0.0848. The molecule has 1 aromatic carbocycles. The summed E-state index contributed by atoms with van der Waals surface area (Å²) >= 11 is 5.72. The molecule has 0 saturated heterocycles. The number of aliphatic hydroxyl groups is 2. The Balaban J connectivity index is 1.70. The van der Waals surface area contributed by atoms with E-state index in [4.69, 9.17) is 11.6 Å². The number of aromatic nitrogens is 1. The number of sulfonamides is 1. The molecule has 1 aliphatic carbocycles. The number of halogens is 2. The Morgan fingerprint density at radius 3 is 2.57 bits per heavy atom. The first-order valence-electron chi connectivity index (χ1n) is 8.80. The zero-order valence-electron chi connectivity index (χ0n) is 14.8. The summed E-state index contributed by atoms with van der Waals surface area (Å²) < 4.78 is 40.8. The number of hydrogen-bond donors (Lipinski definition) is 4. The molecule has 7 nitrogen and oxygen atoms in total. The maximum Gasteiger partial charge on any atom is 0.236 e. The number of benzene rings is 1. The molecule has 1 heterocycles. The van der Waals surface area contributed by atoms with E-state index in [1.54, 1.807) is 0 Å². The SMILES string of the molecule is O=S(=O)(Nc1cc(C(O)Nc2ccc(F)c(Cl)c2)ccn1)C1CCC(O)CC1. The maximum atomic E-state index is 13.2. The summed E-state index contributed by atoms with van der Waals surface area (Å²) in [6.07, 6.45) is 1.40. The maximum absolute atomic E-state index is 13.2. The Kier molecular flexibility index (Phi) is 6.39. The molecule has 2 aromatic rings. The highest BCUT2D eigenvalue weighted by Gasteiger charge is 2.30. The zero-order chi connectivity index (χ0) is 20.3. The average Bonchev–Trinajstić information content (AvgIpc) is 2.65. The van der Waals surface area contributed by atoms with Gasteiger partial charge in [0.1, 0.15) is 11.6 Å². The fraction of sp³-hybridized carbons (Fsp3) is 0.389. The van der Waals surface area contributed by atoms with Gasteiger partial charge in [0.25, 0.3) is 0 Å². The third-order valence-corrected chi connectivity index (χ3v) is 6.78. The van der Waals surface area contributed by atoms with E-state index >= 15 is 0 Å². The highest BCUT2D eigenvalue weighted by atomic mass is 35.5. The zero-order valence-corrected chi connectivity index (χ0v) is 16.4. The van der Waals surface area contributed by atoms with Gasteiger partial charge in [-0.1, -0.05) is 11.6 Å². The van der Waals surface area contributed by atoms with Crippen LogP contribution in [0.2, 0.25) is 5.02 Å². The Labute approximate surface area is 167 Å². The van der Waals surface area contributed by atoms with Crippen LogP contribution in [0.25, 0.3) is 0 Å². The summed E-state index contributed by atoms with van der Waals surface area (Å²) in [6.45, 7) is 0. The minimum Gasteiger partial charge on any atom is -0.393 e. The summed E-state index contributed by atoms with van der Waals surface area (Å²) in [5.74, 6) is -0.487. The predicted molar refractivity (Wildman–Crippen MR) is 105 cm³/mol. The number of pyridine rings is 1. The highest BCUT2D eigenvalue weighted by Crippen LogP contribution is 2.27. The molecule has 1 unspecified atom stereocenters. The summed E-state index contributed by atoms with van der Waals surface area (Å²) in [5, 5.41) is 22.0. The molecule has 10 heteroatoms. The molecule has 152 valence electrons. The van der Waals surface area contributed by atoms with Crippen LogP contribution < -0.4 is 10.0 Å². The van der Waals surface area contributed by atoms with Crippen molar-refractivity contribution in [3.05, 3.63) is 52.9 Å². The number of rotatable bonds is 6. The average molecular weight is 430 g/mol. The van der Waals surface area contributed by atoms with Gasteiger partial charge in [0.05, 0.1) is 16.4 Å². The number of nitrogens with zero attached hydrogens (tertiary/aromatic N) is 1. The molecule has 0 radical (unpaired) electrons. The van der Waals surface area contributed by atoms with Crippen molar-refractivity contribution in [3.63, 3.8) is 0 Å². The first kappa shape index (κ1) is 20.8. The van der Waals surface area contributed by atoms with Crippen molar-refractivity contribution >= 4 is 33.1 Å². The molecule has 0 spiro atoms. The molecule has 4 N–H and O–H groups in total. The van der Waals surface area contributed by atoms with Crippen molar-refractivity contribution in [2.75, 3.05) is 10.0 Å². The van der Waals surface area contributed by atoms with Gasteiger partial charge in [-0.05, 0) is 56.0 Å². The molecule has 1 atom stereocenters. The monoisotopic (exact) mass is 429 g/mol. The molecule has 1 aliphatic rings. The normalized spacial score (nSPS) is 21.1. The van der Waals surface area contributed by atoms with Crippen molar-refractivity contribution in [2.45, 2.75) is 43.3 Å². The van der Waals surface area contributed by atoms with E-state index in [1.165, 1.54) is 36.5 Å². The lowest BCUT2D eigenvalue weighted by Gasteiger charge is -2.25. The standard InChI is InChI=1S/C18H21ClFN3O4S/c19-15-10-12(1-6-16(15)20)22-18(25)11-7-8-21-17(9-11)23-28(26,27)14-4-2-13(24)3-5-14/h1,6-10,13-14,18,22,24-25H,2-5H2,(H,21,23). The Hall–Kier alpha value is -1.94. The first-order chi connectivity index (χ1) is 13.2. The molecule has 0 aliphatic heterocycles. The van der Waals surface area contributed by atoms with Crippen molar-refractivity contribution in [2.24, 2.45) is 0 Å². The van der Waals surface area contributed by atoms with Crippen molar-refractivity contribution in [1.82, 2.24) is 4.98 Å². The second-order valence-electron chi connectivity index (χ2n) is 6.73.